The Balaban J connectivity index is 2.16. The lowest BCUT2D eigenvalue weighted by atomic mass is 9.93. The van der Waals surface area contributed by atoms with Gasteiger partial charge in [0.1, 0.15) is 0 Å². The van der Waals surface area contributed by atoms with Gasteiger partial charge in [0.15, 0.2) is 0 Å². The number of nitrogens with one attached hydrogen (secondary N) is 1. The van der Waals surface area contributed by atoms with Gasteiger partial charge in [-0.2, -0.15) is 0 Å². The van der Waals surface area contributed by atoms with E-state index < -0.39 is 0 Å². The van der Waals surface area contributed by atoms with Crippen LogP contribution in [0.1, 0.15) is 33.4 Å². The fraction of sp³-hybridized carbons (Fsp3) is 0.400. The molecule has 1 N–H and O–H groups in total. The van der Waals surface area contributed by atoms with Crippen molar-refractivity contribution in [3.8, 4) is 0 Å². The summed E-state index contributed by atoms with van der Waals surface area (Å²) in [4.78, 5) is 0. The highest BCUT2D eigenvalue weighted by molar-refractivity contribution is 5.33. The minimum Gasteiger partial charge on any atom is -0.316 e. The maximum Gasteiger partial charge on any atom is 0.0145 e. The van der Waals surface area contributed by atoms with E-state index in [1.165, 1.54) is 33.4 Å². The quantitative estimate of drug-likeness (QED) is 0.862. The summed E-state index contributed by atoms with van der Waals surface area (Å²) in [5, 5.41) is 3.49. The van der Waals surface area contributed by atoms with Crippen molar-refractivity contribution in [2.24, 2.45) is 0 Å². The van der Waals surface area contributed by atoms with Crippen LogP contribution < -0.4 is 5.32 Å². The Bertz CT molecular complexity index is 560. The highest BCUT2D eigenvalue weighted by Crippen LogP contribution is 2.17. The minimum absolute atomic E-state index is 0.478. The first-order valence-electron chi connectivity index (χ1n) is 7.79. The summed E-state index contributed by atoms with van der Waals surface area (Å²) >= 11 is 0. The lowest BCUT2D eigenvalue weighted by Crippen LogP contribution is -2.30. The molecule has 0 saturated heterocycles. The van der Waals surface area contributed by atoms with Gasteiger partial charge in [0.05, 0.1) is 0 Å². The topological polar surface area (TPSA) is 12.0 Å². The van der Waals surface area contributed by atoms with E-state index in [-0.39, 0.29) is 0 Å². The van der Waals surface area contributed by atoms with E-state index in [1.807, 2.05) is 0 Å². The van der Waals surface area contributed by atoms with Gasteiger partial charge in [-0.15, -0.1) is 0 Å². The highest BCUT2D eigenvalue weighted by Gasteiger charge is 2.12. The van der Waals surface area contributed by atoms with Gasteiger partial charge in [-0.1, -0.05) is 47.5 Å². The second kappa shape index (κ2) is 6.91. The largest absolute Gasteiger partial charge is 0.316 e. The van der Waals surface area contributed by atoms with Crippen LogP contribution in [0.5, 0.6) is 0 Å². The molecule has 1 nitrogen and oxygen atoms in total. The predicted molar refractivity (Wildman–Crippen MR) is 92.1 cm³/mol. The second-order valence-electron chi connectivity index (χ2n) is 6.25. The molecule has 112 valence electrons. The van der Waals surface area contributed by atoms with Crippen LogP contribution in [0, 0.1) is 27.7 Å². The summed E-state index contributed by atoms with van der Waals surface area (Å²) in [5.41, 5.74) is 8.39. The van der Waals surface area contributed by atoms with Crippen molar-refractivity contribution in [2.75, 3.05) is 7.05 Å². The molecule has 0 amide bonds. The Hall–Kier alpha value is -1.60. The summed E-state index contributed by atoms with van der Waals surface area (Å²) in [6, 6.07) is 14.0. The average Bonchev–Trinajstić information content (AvgIpc) is 2.45. The summed E-state index contributed by atoms with van der Waals surface area (Å²) in [7, 11) is 2.07. The van der Waals surface area contributed by atoms with Crippen LogP contribution in [0.15, 0.2) is 36.4 Å². The zero-order valence-corrected chi connectivity index (χ0v) is 14.0. The normalized spacial score (nSPS) is 11.1. The van der Waals surface area contributed by atoms with Gasteiger partial charge in [-0.05, 0) is 69.8 Å². The smallest absolute Gasteiger partial charge is 0.0145 e. The third-order valence-electron chi connectivity index (χ3n) is 4.35. The van der Waals surface area contributed by atoms with Gasteiger partial charge in [0, 0.05) is 6.04 Å². The number of aryl methyl sites for hydroxylation is 4. The van der Waals surface area contributed by atoms with E-state index in [0.717, 1.165) is 12.8 Å². The van der Waals surface area contributed by atoms with Gasteiger partial charge in [0.25, 0.3) is 0 Å². The molecule has 0 unspecified atom stereocenters. The molecule has 1 heteroatoms. The SMILES string of the molecule is CNC(Cc1cc(C)ccc1C)Cc1cc(C)ccc1C. The maximum atomic E-state index is 3.49. The van der Waals surface area contributed by atoms with Crippen LogP contribution in [0.2, 0.25) is 0 Å². The van der Waals surface area contributed by atoms with Crippen molar-refractivity contribution in [3.63, 3.8) is 0 Å². The third kappa shape index (κ3) is 4.18. The van der Waals surface area contributed by atoms with E-state index in [4.69, 9.17) is 0 Å². The standard InChI is InChI=1S/C20H27N/c1-14-6-8-16(3)18(10-14)12-20(21-5)13-19-11-15(2)7-9-17(19)4/h6-11,20-21H,12-13H2,1-5H3. The van der Waals surface area contributed by atoms with E-state index >= 15 is 0 Å². The third-order valence-corrected chi connectivity index (χ3v) is 4.35. The molecule has 0 radical (unpaired) electrons. The molecule has 0 aromatic heterocycles. The molecule has 21 heavy (non-hydrogen) atoms. The van der Waals surface area contributed by atoms with Crippen molar-refractivity contribution in [2.45, 2.75) is 46.6 Å². The molecule has 0 aliphatic carbocycles. The van der Waals surface area contributed by atoms with Crippen molar-refractivity contribution >= 4 is 0 Å². The number of likely N-dealkylation sites (N-methyl/N-ethyl adjacent to an activating group) is 1. The number of hydrogen-bond donors (Lipinski definition) is 1. The summed E-state index contributed by atoms with van der Waals surface area (Å²) < 4.78 is 0. The fourth-order valence-electron chi connectivity index (χ4n) is 2.85. The lowest BCUT2D eigenvalue weighted by Gasteiger charge is -2.19. The monoisotopic (exact) mass is 281 g/mol. The highest BCUT2D eigenvalue weighted by atomic mass is 14.9. The van der Waals surface area contributed by atoms with Crippen molar-refractivity contribution in [1.29, 1.82) is 0 Å². The Morgan fingerprint density at radius 1 is 0.762 bits per heavy atom. The van der Waals surface area contributed by atoms with Gasteiger partial charge >= 0.3 is 0 Å². The number of hydrogen-bond acceptors (Lipinski definition) is 1. The van der Waals surface area contributed by atoms with Gasteiger partial charge in [-0.3, -0.25) is 0 Å². The molecule has 0 aliphatic rings. The van der Waals surface area contributed by atoms with Crippen LogP contribution >= 0.6 is 0 Å². The van der Waals surface area contributed by atoms with Gasteiger partial charge in [-0.25, -0.2) is 0 Å². The average molecular weight is 281 g/mol. The molecule has 0 heterocycles. The zero-order valence-electron chi connectivity index (χ0n) is 14.0. The molecule has 0 aliphatic heterocycles. The molecule has 0 atom stereocenters. The molecule has 2 aromatic carbocycles. The second-order valence-corrected chi connectivity index (χ2v) is 6.25. The molecule has 0 bridgehead atoms. The van der Waals surface area contributed by atoms with Crippen molar-refractivity contribution in [1.82, 2.24) is 5.32 Å². The first kappa shape index (κ1) is 15.8. The summed E-state index contributed by atoms with van der Waals surface area (Å²) in [6.45, 7) is 8.75. The molecule has 2 rings (SSSR count). The zero-order chi connectivity index (χ0) is 15.4. The number of benzene rings is 2. The first-order chi connectivity index (χ1) is 9.99. The molecule has 0 spiro atoms. The summed E-state index contributed by atoms with van der Waals surface area (Å²) in [5.74, 6) is 0. The van der Waals surface area contributed by atoms with Crippen LogP contribution in [0.3, 0.4) is 0 Å². The molecule has 2 aromatic rings. The lowest BCUT2D eigenvalue weighted by molar-refractivity contribution is 0.554. The van der Waals surface area contributed by atoms with Crippen LogP contribution in [0.25, 0.3) is 0 Å². The Morgan fingerprint density at radius 2 is 1.19 bits per heavy atom. The van der Waals surface area contributed by atoms with E-state index in [9.17, 15) is 0 Å². The Morgan fingerprint density at radius 3 is 1.57 bits per heavy atom. The van der Waals surface area contributed by atoms with Crippen LogP contribution in [-0.4, -0.2) is 13.1 Å². The van der Waals surface area contributed by atoms with E-state index in [0.29, 0.717) is 6.04 Å². The Kier molecular flexibility index (Phi) is 5.19. The van der Waals surface area contributed by atoms with E-state index in [1.54, 1.807) is 0 Å². The first-order valence-corrected chi connectivity index (χ1v) is 7.79. The number of rotatable bonds is 5. The fourth-order valence-corrected chi connectivity index (χ4v) is 2.85. The van der Waals surface area contributed by atoms with Crippen LogP contribution in [0.4, 0.5) is 0 Å². The molecular weight excluding hydrogens is 254 g/mol. The maximum absolute atomic E-state index is 3.49. The predicted octanol–water partition coefficient (Wildman–Crippen LogP) is 4.29. The Labute approximate surface area is 129 Å². The van der Waals surface area contributed by atoms with Crippen molar-refractivity contribution < 1.29 is 0 Å². The minimum atomic E-state index is 0.478. The summed E-state index contributed by atoms with van der Waals surface area (Å²) in [6.07, 6.45) is 2.16. The molecule has 0 fully saturated rings. The van der Waals surface area contributed by atoms with Gasteiger partial charge < -0.3 is 5.32 Å². The molecule has 0 saturated carbocycles. The van der Waals surface area contributed by atoms with Crippen LogP contribution in [-0.2, 0) is 12.8 Å². The molecular formula is C20H27N. The van der Waals surface area contributed by atoms with E-state index in [2.05, 4.69) is 76.5 Å². The van der Waals surface area contributed by atoms with Crippen molar-refractivity contribution in [3.05, 3.63) is 69.8 Å². The van der Waals surface area contributed by atoms with Gasteiger partial charge in [0.2, 0.25) is 0 Å².